The van der Waals surface area contributed by atoms with Crippen LogP contribution in [-0.4, -0.2) is 10.2 Å². The Hall–Kier alpha value is 0.570. The monoisotopic (exact) mass is 268 g/mol. The fourth-order valence-electron chi connectivity index (χ4n) is 0.810. The zero-order valence-corrected chi connectivity index (χ0v) is 10.2. The van der Waals surface area contributed by atoms with Gasteiger partial charge in [-0.25, -0.2) is 0 Å². The van der Waals surface area contributed by atoms with Gasteiger partial charge in [0.25, 0.3) is 0 Å². The van der Waals surface area contributed by atoms with E-state index in [9.17, 15) is 10.2 Å². The summed E-state index contributed by atoms with van der Waals surface area (Å²) in [4.78, 5) is 1.51. The second kappa shape index (κ2) is 4.39. The molecule has 13 heavy (non-hydrogen) atoms. The van der Waals surface area contributed by atoms with Gasteiger partial charge in [-0.3, -0.25) is 0 Å². The molecular formula is C6H4O2S5. The molecule has 2 rings (SSSR count). The number of rotatable bonds is 0. The van der Waals surface area contributed by atoms with Crippen molar-refractivity contribution in [3.8, 4) is 11.5 Å². The molecule has 0 spiro atoms. The van der Waals surface area contributed by atoms with E-state index in [0.717, 1.165) is 9.79 Å². The van der Waals surface area contributed by atoms with Gasteiger partial charge in [-0.05, 0) is 63.2 Å². The van der Waals surface area contributed by atoms with Gasteiger partial charge in [0.2, 0.25) is 0 Å². The van der Waals surface area contributed by atoms with Gasteiger partial charge in [0.1, 0.15) is 11.5 Å². The molecule has 1 heterocycles. The third kappa shape index (κ3) is 2.15. The highest BCUT2D eigenvalue weighted by molar-refractivity contribution is 9.36. The number of phenolic OH excluding ortho intramolecular Hbond substituents is 2. The van der Waals surface area contributed by atoms with Gasteiger partial charge in [0.15, 0.2) is 0 Å². The van der Waals surface area contributed by atoms with Crippen molar-refractivity contribution in [3.63, 3.8) is 0 Å². The molecule has 1 aliphatic heterocycles. The molecule has 0 radical (unpaired) electrons. The Morgan fingerprint density at radius 3 is 1.69 bits per heavy atom. The molecular weight excluding hydrogens is 264 g/mol. The fourth-order valence-corrected chi connectivity index (χ4v) is 9.79. The second-order valence-electron chi connectivity index (χ2n) is 2.13. The van der Waals surface area contributed by atoms with E-state index in [4.69, 9.17) is 0 Å². The molecule has 1 aromatic carbocycles. The van der Waals surface area contributed by atoms with Crippen molar-refractivity contribution >= 4 is 51.1 Å². The zero-order chi connectivity index (χ0) is 9.26. The third-order valence-electron chi connectivity index (χ3n) is 1.36. The molecule has 70 valence electrons. The predicted molar refractivity (Wildman–Crippen MR) is 64.3 cm³/mol. The van der Waals surface area contributed by atoms with E-state index in [2.05, 4.69) is 0 Å². The van der Waals surface area contributed by atoms with Crippen LogP contribution in [0.4, 0.5) is 0 Å². The first-order valence-corrected chi connectivity index (χ1v) is 9.33. The lowest BCUT2D eigenvalue weighted by molar-refractivity contribution is 0.436. The number of fused-ring (bicyclic) bond motifs is 1. The summed E-state index contributed by atoms with van der Waals surface area (Å²) in [6, 6.07) is 3.03. The van der Waals surface area contributed by atoms with Crippen molar-refractivity contribution < 1.29 is 10.2 Å². The van der Waals surface area contributed by atoms with Crippen LogP contribution in [0.3, 0.4) is 0 Å². The van der Waals surface area contributed by atoms with Gasteiger partial charge in [0, 0.05) is 0 Å². The van der Waals surface area contributed by atoms with E-state index in [0.29, 0.717) is 0 Å². The summed E-state index contributed by atoms with van der Waals surface area (Å²) in [6.45, 7) is 0. The molecule has 0 aromatic heterocycles. The van der Waals surface area contributed by atoms with Crippen LogP contribution >= 0.6 is 51.1 Å². The average molecular weight is 268 g/mol. The molecule has 2 N–H and O–H groups in total. The Morgan fingerprint density at radius 1 is 0.769 bits per heavy atom. The average Bonchev–Trinajstić information content (AvgIpc) is 2.37. The summed E-state index contributed by atoms with van der Waals surface area (Å²) in [5.41, 5.74) is 0. The molecule has 1 aliphatic rings. The van der Waals surface area contributed by atoms with E-state index in [-0.39, 0.29) is 11.5 Å². The van der Waals surface area contributed by atoms with Crippen molar-refractivity contribution in [3.05, 3.63) is 12.1 Å². The molecule has 0 atom stereocenters. The topological polar surface area (TPSA) is 40.5 Å². The van der Waals surface area contributed by atoms with Gasteiger partial charge in [-0.1, -0.05) is 0 Å². The van der Waals surface area contributed by atoms with Crippen molar-refractivity contribution in [2.24, 2.45) is 0 Å². The van der Waals surface area contributed by atoms with E-state index >= 15 is 0 Å². The first-order valence-electron chi connectivity index (χ1n) is 3.18. The minimum atomic E-state index is 0.237. The Morgan fingerprint density at radius 2 is 1.23 bits per heavy atom. The molecule has 0 fully saturated rings. The number of aromatic hydroxyl groups is 2. The summed E-state index contributed by atoms with van der Waals surface area (Å²) in [6.07, 6.45) is 0. The molecule has 7 heteroatoms. The summed E-state index contributed by atoms with van der Waals surface area (Å²) < 4.78 is 0. The van der Waals surface area contributed by atoms with Crippen LogP contribution in [0.2, 0.25) is 0 Å². The highest BCUT2D eigenvalue weighted by Gasteiger charge is 2.18. The Balaban J connectivity index is 2.50. The molecule has 0 aliphatic carbocycles. The van der Waals surface area contributed by atoms with Crippen molar-refractivity contribution in [2.45, 2.75) is 9.79 Å². The number of hydrogen-bond acceptors (Lipinski definition) is 7. The predicted octanol–water partition coefficient (Wildman–Crippen LogP) is 4.16. The number of phenols is 2. The Kier molecular flexibility index (Phi) is 3.41. The summed E-state index contributed by atoms with van der Waals surface area (Å²) in [7, 11) is 7.75. The Bertz CT molecular complexity index is 298. The largest absolute Gasteiger partial charge is 0.507 e. The lowest BCUT2D eigenvalue weighted by atomic mass is 10.3. The maximum Gasteiger partial charge on any atom is 0.131 e. The van der Waals surface area contributed by atoms with Gasteiger partial charge >= 0.3 is 0 Å². The minimum Gasteiger partial charge on any atom is -0.507 e. The highest BCUT2D eigenvalue weighted by atomic mass is 33.8. The zero-order valence-electron chi connectivity index (χ0n) is 6.09. The summed E-state index contributed by atoms with van der Waals surface area (Å²) >= 11 is 0. The van der Waals surface area contributed by atoms with Crippen molar-refractivity contribution in [2.75, 3.05) is 0 Å². The minimum absolute atomic E-state index is 0.237. The smallest absolute Gasteiger partial charge is 0.131 e. The molecule has 0 unspecified atom stereocenters. The molecule has 1 aromatic rings. The van der Waals surface area contributed by atoms with E-state index in [1.54, 1.807) is 29.5 Å². The van der Waals surface area contributed by atoms with Crippen LogP contribution in [0, 0.1) is 0 Å². The van der Waals surface area contributed by atoms with E-state index in [1.165, 1.54) is 33.7 Å². The second-order valence-corrected chi connectivity index (χ2v) is 9.59. The standard InChI is InChI=1S/C6H4O2S5/c7-3-1-2-4(8)6-5(3)9-11-13-12-10-6/h1-2,7-8H. The highest BCUT2D eigenvalue weighted by Crippen LogP contribution is 2.62. The van der Waals surface area contributed by atoms with E-state index in [1.807, 2.05) is 0 Å². The van der Waals surface area contributed by atoms with Crippen LogP contribution in [-0.2, 0) is 0 Å². The molecule has 0 saturated carbocycles. The van der Waals surface area contributed by atoms with Crippen LogP contribution in [0.1, 0.15) is 0 Å². The summed E-state index contributed by atoms with van der Waals surface area (Å²) in [5, 5.41) is 19.1. The van der Waals surface area contributed by atoms with Gasteiger partial charge in [-0.15, -0.1) is 0 Å². The van der Waals surface area contributed by atoms with Crippen LogP contribution < -0.4 is 0 Å². The lowest BCUT2D eigenvalue weighted by Crippen LogP contribution is -1.77. The maximum absolute atomic E-state index is 9.53. The normalized spacial score (nSPS) is 16.3. The van der Waals surface area contributed by atoms with Gasteiger partial charge in [-0.2, -0.15) is 0 Å². The number of hydrogen-bond donors (Lipinski definition) is 2. The summed E-state index contributed by atoms with van der Waals surface area (Å²) in [5.74, 6) is 0.474. The molecule has 0 bridgehead atoms. The maximum atomic E-state index is 9.53. The van der Waals surface area contributed by atoms with E-state index < -0.39 is 0 Å². The quantitative estimate of drug-likeness (QED) is 0.541. The van der Waals surface area contributed by atoms with Crippen molar-refractivity contribution in [1.29, 1.82) is 0 Å². The SMILES string of the molecule is Oc1ccc(O)c2c1SSSSS2. The third-order valence-corrected chi connectivity index (χ3v) is 9.86. The Labute approximate surface area is 94.2 Å². The first-order chi connectivity index (χ1) is 6.29. The van der Waals surface area contributed by atoms with Crippen LogP contribution in [0.15, 0.2) is 21.9 Å². The van der Waals surface area contributed by atoms with Crippen LogP contribution in [0.5, 0.6) is 11.5 Å². The molecule has 2 nitrogen and oxygen atoms in total. The fraction of sp³-hybridized carbons (Fsp3) is 0. The van der Waals surface area contributed by atoms with Crippen LogP contribution in [0.25, 0.3) is 0 Å². The molecule has 0 saturated heterocycles. The molecule has 0 amide bonds. The lowest BCUT2D eigenvalue weighted by Gasteiger charge is -2.06. The van der Waals surface area contributed by atoms with Crippen molar-refractivity contribution in [1.82, 2.24) is 0 Å². The van der Waals surface area contributed by atoms with Gasteiger partial charge in [0.05, 0.1) is 9.79 Å². The number of benzene rings is 1. The van der Waals surface area contributed by atoms with Gasteiger partial charge < -0.3 is 10.2 Å². The first kappa shape index (κ1) is 10.1.